The van der Waals surface area contributed by atoms with Crippen molar-refractivity contribution in [1.82, 2.24) is 0 Å². The van der Waals surface area contributed by atoms with Crippen molar-refractivity contribution in [2.75, 3.05) is 19.0 Å². The van der Waals surface area contributed by atoms with E-state index in [1.54, 1.807) is 42.5 Å². The first-order valence-corrected chi connectivity index (χ1v) is 8.22. The molecule has 0 fully saturated rings. The molecule has 2 rings (SSSR count). The molecule has 2 aromatic rings. The van der Waals surface area contributed by atoms with Crippen LogP contribution in [0.2, 0.25) is 0 Å². The van der Waals surface area contributed by atoms with Crippen LogP contribution in [0.3, 0.4) is 0 Å². The zero-order valence-electron chi connectivity index (χ0n) is 14.8. The normalized spacial score (nSPS) is 9.96. The quantitative estimate of drug-likeness (QED) is 0.567. The van der Waals surface area contributed by atoms with E-state index in [1.165, 1.54) is 19.2 Å². The summed E-state index contributed by atoms with van der Waals surface area (Å²) < 4.78 is 9.51. The van der Waals surface area contributed by atoms with Gasteiger partial charge in [0.1, 0.15) is 0 Å². The Kier molecular flexibility index (Phi) is 7.25. The summed E-state index contributed by atoms with van der Waals surface area (Å²) in [5, 5.41) is 2.49. The number of carbonyl (C=O) groups excluding carboxylic acids is 4. The number of hydrogen-bond donors (Lipinski definition) is 1. The molecule has 7 nitrogen and oxygen atoms in total. The molecule has 140 valence electrons. The van der Waals surface area contributed by atoms with Gasteiger partial charge in [-0.05, 0) is 12.1 Å². The maximum atomic E-state index is 11.9. The van der Waals surface area contributed by atoms with Gasteiger partial charge in [0.15, 0.2) is 12.4 Å². The number of nitrogens with one attached hydrogen (secondary N) is 1. The van der Waals surface area contributed by atoms with Crippen LogP contribution in [0.15, 0.2) is 54.6 Å². The highest BCUT2D eigenvalue weighted by atomic mass is 16.5. The third kappa shape index (κ3) is 6.07. The van der Waals surface area contributed by atoms with Crippen LogP contribution in [0.1, 0.15) is 33.6 Å². The summed E-state index contributed by atoms with van der Waals surface area (Å²) in [7, 11) is 1.24. The second kappa shape index (κ2) is 9.86. The Morgan fingerprint density at radius 2 is 1.56 bits per heavy atom. The minimum Gasteiger partial charge on any atom is -0.465 e. The fourth-order valence-electron chi connectivity index (χ4n) is 2.27. The van der Waals surface area contributed by atoms with Crippen molar-refractivity contribution >= 4 is 29.3 Å². The lowest BCUT2D eigenvalue weighted by molar-refractivity contribution is -0.147. The Morgan fingerprint density at radius 3 is 2.26 bits per heavy atom. The molecular formula is C20H19NO6. The van der Waals surface area contributed by atoms with Gasteiger partial charge in [-0.1, -0.05) is 42.5 Å². The highest BCUT2D eigenvalue weighted by Crippen LogP contribution is 2.16. The smallest absolute Gasteiger partial charge is 0.339 e. The number of amides is 1. The lowest BCUT2D eigenvalue weighted by atomic mass is 10.1. The average molecular weight is 369 g/mol. The Balaban J connectivity index is 1.79. The van der Waals surface area contributed by atoms with E-state index in [2.05, 4.69) is 10.1 Å². The summed E-state index contributed by atoms with van der Waals surface area (Å²) >= 11 is 0. The number of rotatable bonds is 8. The molecule has 0 saturated heterocycles. The van der Waals surface area contributed by atoms with Gasteiger partial charge in [-0.25, -0.2) is 4.79 Å². The van der Waals surface area contributed by atoms with Crippen molar-refractivity contribution in [2.45, 2.75) is 12.8 Å². The molecule has 0 bridgehead atoms. The van der Waals surface area contributed by atoms with Gasteiger partial charge in [-0.15, -0.1) is 0 Å². The minimum absolute atomic E-state index is 0.00433. The number of Topliss-reactive ketones (excluding diaryl/α,β-unsaturated/α-hetero) is 1. The molecule has 2 aromatic carbocycles. The fourth-order valence-corrected chi connectivity index (χ4v) is 2.27. The van der Waals surface area contributed by atoms with Crippen LogP contribution in [0.25, 0.3) is 0 Å². The molecule has 27 heavy (non-hydrogen) atoms. The number of benzene rings is 2. The van der Waals surface area contributed by atoms with E-state index >= 15 is 0 Å². The number of hydrogen-bond acceptors (Lipinski definition) is 6. The molecule has 0 aromatic heterocycles. The minimum atomic E-state index is -0.657. The molecule has 0 radical (unpaired) electrons. The SMILES string of the molecule is COC(=O)c1ccccc1NC(=O)COC(=O)CCC(=O)c1ccccc1. The van der Waals surface area contributed by atoms with Gasteiger partial charge in [0.05, 0.1) is 24.8 Å². The fraction of sp³-hybridized carbons (Fsp3) is 0.200. The van der Waals surface area contributed by atoms with E-state index in [9.17, 15) is 19.2 Å². The first-order valence-electron chi connectivity index (χ1n) is 8.22. The second-order valence-corrected chi connectivity index (χ2v) is 5.54. The number of para-hydroxylation sites is 1. The average Bonchev–Trinajstić information content (AvgIpc) is 2.71. The molecule has 7 heteroatoms. The molecule has 0 atom stereocenters. The first-order chi connectivity index (χ1) is 13.0. The van der Waals surface area contributed by atoms with Crippen LogP contribution < -0.4 is 5.32 Å². The van der Waals surface area contributed by atoms with E-state index in [-0.39, 0.29) is 29.9 Å². The van der Waals surface area contributed by atoms with E-state index in [0.717, 1.165) is 0 Å². The van der Waals surface area contributed by atoms with E-state index < -0.39 is 24.5 Å². The van der Waals surface area contributed by atoms with Crippen LogP contribution in [0.5, 0.6) is 0 Å². The van der Waals surface area contributed by atoms with Gasteiger partial charge in [0.25, 0.3) is 5.91 Å². The Labute approximate surface area is 156 Å². The van der Waals surface area contributed by atoms with E-state index in [4.69, 9.17) is 4.74 Å². The second-order valence-electron chi connectivity index (χ2n) is 5.54. The predicted molar refractivity (Wildman–Crippen MR) is 97.4 cm³/mol. The third-order valence-corrected chi connectivity index (χ3v) is 3.62. The van der Waals surface area contributed by atoms with Crippen LogP contribution in [0, 0.1) is 0 Å². The lowest BCUT2D eigenvalue weighted by Crippen LogP contribution is -2.22. The number of ether oxygens (including phenoxy) is 2. The Morgan fingerprint density at radius 1 is 0.889 bits per heavy atom. The van der Waals surface area contributed by atoms with Crippen LogP contribution in [-0.4, -0.2) is 37.3 Å². The molecule has 0 spiro atoms. The van der Waals surface area contributed by atoms with Gasteiger partial charge >= 0.3 is 11.9 Å². The molecule has 0 heterocycles. The standard InChI is InChI=1S/C20H19NO6/c1-26-20(25)15-9-5-6-10-16(15)21-18(23)13-27-19(24)12-11-17(22)14-7-3-2-4-8-14/h2-10H,11-13H2,1H3,(H,21,23). The summed E-state index contributed by atoms with van der Waals surface area (Å²) in [6.45, 7) is -0.520. The topological polar surface area (TPSA) is 98.8 Å². The maximum absolute atomic E-state index is 11.9. The Bertz CT molecular complexity index is 831. The molecule has 1 N–H and O–H groups in total. The first kappa shape index (κ1) is 19.8. The highest BCUT2D eigenvalue weighted by Gasteiger charge is 2.15. The molecule has 0 unspecified atom stereocenters. The molecule has 0 aliphatic carbocycles. The van der Waals surface area contributed by atoms with Crippen molar-refractivity contribution in [1.29, 1.82) is 0 Å². The van der Waals surface area contributed by atoms with Crippen molar-refractivity contribution in [2.24, 2.45) is 0 Å². The van der Waals surface area contributed by atoms with Crippen molar-refractivity contribution in [3.63, 3.8) is 0 Å². The molecule has 0 aliphatic rings. The zero-order valence-corrected chi connectivity index (χ0v) is 14.8. The monoisotopic (exact) mass is 369 g/mol. The summed E-state index contributed by atoms with van der Waals surface area (Å²) in [5.41, 5.74) is 0.959. The zero-order chi connectivity index (χ0) is 19.6. The predicted octanol–water partition coefficient (Wildman–Crippen LogP) is 2.62. The van der Waals surface area contributed by atoms with Crippen molar-refractivity contribution in [3.8, 4) is 0 Å². The number of methoxy groups -OCH3 is 1. The van der Waals surface area contributed by atoms with Gasteiger partial charge in [-0.3, -0.25) is 14.4 Å². The molecular weight excluding hydrogens is 350 g/mol. The van der Waals surface area contributed by atoms with Gasteiger partial charge in [0.2, 0.25) is 0 Å². The Hall–Kier alpha value is -3.48. The highest BCUT2D eigenvalue weighted by molar-refractivity contribution is 6.02. The van der Waals surface area contributed by atoms with E-state index in [0.29, 0.717) is 5.56 Å². The van der Waals surface area contributed by atoms with Crippen LogP contribution in [-0.2, 0) is 19.1 Å². The summed E-state index contributed by atoms with van der Waals surface area (Å²) in [4.78, 5) is 47.2. The largest absolute Gasteiger partial charge is 0.465 e. The maximum Gasteiger partial charge on any atom is 0.339 e. The molecule has 0 aliphatic heterocycles. The number of carbonyl (C=O) groups is 4. The summed E-state index contributed by atoms with van der Waals surface area (Å²) in [6.07, 6.45) is -0.130. The van der Waals surface area contributed by atoms with Crippen molar-refractivity contribution < 1.29 is 28.7 Å². The molecule has 1 amide bonds. The van der Waals surface area contributed by atoms with Crippen molar-refractivity contribution in [3.05, 3.63) is 65.7 Å². The van der Waals surface area contributed by atoms with Crippen LogP contribution in [0.4, 0.5) is 5.69 Å². The number of anilines is 1. The number of ketones is 1. The summed E-state index contributed by atoms with van der Waals surface area (Å²) in [5.74, 6) is -2.03. The van der Waals surface area contributed by atoms with Crippen LogP contribution >= 0.6 is 0 Å². The lowest BCUT2D eigenvalue weighted by Gasteiger charge is -2.10. The third-order valence-electron chi connectivity index (χ3n) is 3.62. The molecule has 0 saturated carbocycles. The van der Waals surface area contributed by atoms with Gasteiger partial charge < -0.3 is 14.8 Å². The number of esters is 2. The van der Waals surface area contributed by atoms with E-state index in [1.807, 2.05) is 0 Å². The van der Waals surface area contributed by atoms with Gasteiger partial charge in [0, 0.05) is 12.0 Å². The summed E-state index contributed by atoms with van der Waals surface area (Å²) in [6, 6.07) is 14.9. The van der Waals surface area contributed by atoms with Gasteiger partial charge in [-0.2, -0.15) is 0 Å².